The van der Waals surface area contributed by atoms with Crippen LogP contribution in [-0.2, 0) is 14.8 Å². The zero-order valence-corrected chi connectivity index (χ0v) is 19.8. The first-order valence-electron chi connectivity index (χ1n) is 9.41. The van der Waals surface area contributed by atoms with Gasteiger partial charge in [0.15, 0.2) is 11.5 Å². The molecule has 0 spiro atoms. The van der Waals surface area contributed by atoms with Crippen LogP contribution in [0.1, 0.15) is 0 Å². The average molecular weight is 513 g/mol. The SMILES string of the molecule is COc1ccc(S(=O)(=O)N(CC(=O)Nc2cccc(Cl)c2)c2ccc(F)c(Cl)c2)cc1OC. The Labute approximate surface area is 200 Å². The van der Waals surface area contributed by atoms with Crippen LogP contribution < -0.4 is 19.1 Å². The molecule has 0 aliphatic heterocycles. The summed E-state index contributed by atoms with van der Waals surface area (Å²) in [4.78, 5) is 12.6. The topological polar surface area (TPSA) is 84.9 Å². The number of carbonyl (C=O) groups is 1. The summed E-state index contributed by atoms with van der Waals surface area (Å²) >= 11 is 11.8. The van der Waals surface area contributed by atoms with Crippen molar-refractivity contribution in [3.8, 4) is 11.5 Å². The molecule has 11 heteroatoms. The van der Waals surface area contributed by atoms with E-state index < -0.39 is 28.3 Å². The van der Waals surface area contributed by atoms with E-state index in [1.165, 1.54) is 44.6 Å². The van der Waals surface area contributed by atoms with Crippen LogP contribution in [0.25, 0.3) is 0 Å². The van der Waals surface area contributed by atoms with Crippen molar-refractivity contribution in [2.24, 2.45) is 0 Å². The number of hydrogen-bond acceptors (Lipinski definition) is 5. The molecule has 0 bridgehead atoms. The maximum atomic E-state index is 13.7. The monoisotopic (exact) mass is 512 g/mol. The highest BCUT2D eigenvalue weighted by atomic mass is 35.5. The van der Waals surface area contributed by atoms with Crippen molar-refractivity contribution in [2.75, 3.05) is 30.4 Å². The molecule has 1 amide bonds. The number of nitrogens with zero attached hydrogens (tertiary/aromatic N) is 1. The standard InChI is InChI=1S/C22H19Cl2FN2O5S/c1-31-20-9-7-17(12-21(20)32-2)33(29,30)27(16-6-8-19(25)18(24)11-16)13-22(28)26-15-5-3-4-14(23)10-15/h3-12H,13H2,1-2H3,(H,26,28). The van der Waals surface area contributed by atoms with Gasteiger partial charge in [-0.1, -0.05) is 29.3 Å². The van der Waals surface area contributed by atoms with Crippen LogP contribution in [0.5, 0.6) is 11.5 Å². The van der Waals surface area contributed by atoms with Crippen molar-refractivity contribution in [3.63, 3.8) is 0 Å². The van der Waals surface area contributed by atoms with Gasteiger partial charge in [0.05, 0.1) is 29.8 Å². The molecule has 174 valence electrons. The van der Waals surface area contributed by atoms with E-state index in [0.29, 0.717) is 16.5 Å². The van der Waals surface area contributed by atoms with Gasteiger partial charge in [0.1, 0.15) is 12.4 Å². The molecule has 0 heterocycles. The molecule has 0 radical (unpaired) electrons. The fourth-order valence-corrected chi connectivity index (χ4v) is 4.75. The van der Waals surface area contributed by atoms with Crippen molar-refractivity contribution in [3.05, 3.63) is 76.5 Å². The molecule has 0 fully saturated rings. The highest BCUT2D eigenvalue weighted by Gasteiger charge is 2.29. The number of rotatable bonds is 8. The molecule has 0 aliphatic rings. The van der Waals surface area contributed by atoms with Gasteiger partial charge < -0.3 is 14.8 Å². The maximum Gasteiger partial charge on any atom is 0.264 e. The number of amides is 1. The average Bonchev–Trinajstić information content (AvgIpc) is 2.78. The number of sulfonamides is 1. The van der Waals surface area contributed by atoms with Crippen LogP contribution in [0.3, 0.4) is 0 Å². The second-order valence-corrected chi connectivity index (χ2v) is 9.39. The molecule has 0 atom stereocenters. The van der Waals surface area contributed by atoms with E-state index in [1.807, 2.05) is 0 Å². The normalized spacial score (nSPS) is 11.1. The lowest BCUT2D eigenvalue weighted by atomic mass is 10.3. The van der Waals surface area contributed by atoms with Crippen molar-refractivity contribution in [1.29, 1.82) is 0 Å². The van der Waals surface area contributed by atoms with Crippen LogP contribution in [0.2, 0.25) is 10.0 Å². The largest absolute Gasteiger partial charge is 0.493 e. The van der Waals surface area contributed by atoms with Gasteiger partial charge in [-0.3, -0.25) is 9.10 Å². The Bertz CT molecular complexity index is 1290. The minimum absolute atomic E-state index is 0.00238. The van der Waals surface area contributed by atoms with Crippen molar-refractivity contribution < 1.29 is 27.1 Å². The smallest absolute Gasteiger partial charge is 0.264 e. The molecule has 3 aromatic carbocycles. The number of anilines is 2. The molecular formula is C22H19Cl2FN2O5S. The molecule has 3 aromatic rings. The minimum atomic E-state index is -4.31. The van der Waals surface area contributed by atoms with Crippen molar-refractivity contribution in [2.45, 2.75) is 4.90 Å². The zero-order chi connectivity index (χ0) is 24.2. The lowest BCUT2D eigenvalue weighted by Gasteiger charge is -2.25. The van der Waals surface area contributed by atoms with Gasteiger partial charge in [0, 0.05) is 16.8 Å². The molecule has 0 saturated carbocycles. The van der Waals surface area contributed by atoms with E-state index >= 15 is 0 Å². The number of benzene rings is 3. The number of ether oxygens (including phenoxy) is 2. The fraction of sp³-hybridized carbons (Fsp3) is 0.136. The Hall–Kier alpha value is -3.01. The second kappa shape index (κ2) is 10.3. The molecule has 0 aromatic heterocycles. The third-order valence-corrected chi connectivity index (χ3v) is 6.82. The molecule has 7 nitrogen and oxygen atoms in total. The zero-order valence-electron chi connectivity index (χ0n) is 17.5. The van der Waals surface area contributed by atoms with Crippen molar-refractivity contribution >= 4 is 50.5 Å². The number of methoxy groups -OCH3 is 2. The van der Waals surface area contributed by atoms with E-state index in [9.17, 15) is 17.6 Å². The van der Waals surface area contributed by atoms with E-state index in [2.05, 4.69) is 5.32 Å². The van der Waals surface area contributed by atoms with Gasteiger partial charge in [-0.2, -0.15) is 0 Å². The Balaban J connectivity index is 2.02. The third-order valence-electron chi connectivity index (χ3n) is 4.53. The van der Waals surface area contributed by atoms with Gasteiger partial charge in [0.25, 0.3) is 10.0 Å². The Kier molecular flexibility index (Phi) is 7.68. The van der Waals surface area contributed by atoms with E-state index in [1.54, 1.807) is 18.2 Å². The first kappa shape index (κ1) is 24.6. The summed E-state index contributed by atoms with van der Waals surface area (Å²) in [7, 11) is -1.53. The number of nitrogens with one attached hydrogen (secondary N) is 1. The summed E-state index contributed by atoms with van der Waals surface area (Å²) in [6, 6.07) is 13.7. The first-order chi connectivity index (χ1) is 15.6. The predicted molar refractivity (Wildman–Crippen MR) is 126 cm³/mol. The summed E-state index contributed by atoms with van der Waals surface area (Å²) in [5.74, 6) is -0.875. The van der Waals surface area contributed by atoms with Gasteiger partial charge in [0.2, 0.25) is 5.91 Å². The summed E-state index contributed by atoms with van der Waals surface area (Å²) < 4.78 is 52.0. The first-order valence-corrected chi connectivity index (χ1v) is 11.6. The van der Waals surface area contributed by atoms with E-state index in [0.717, 1.165) is 16.4 Å². The summed E-state index contributed by atoms with van der Waals surface area (Å²) in [5.41, 5.74) is 0.380. The van der Waals surface area contributed by atoms with Crippen LogP contribution in [0, 0.1) is 5.82 Å². The summed E-state index contributed by atoms with van der Waals surface area (Å²) in [5, 5.41) is 2.69. The molecule has 1 N–H and O–H groups in total. The minimum Gasteiger partial charge on any atom is -0.493 e. The lowest BCUT2D eigenvalue weighted by molar-refractivity contribution is -0.114. The number of hydrogen-bond donors (Lipinski definition) is 1. The van der Waals surface area contributed by atoms with Crippen molar-refractivity contribution in [1.82, 2.24) is 0 Å². The summed E-state index contributed by atoms with van der Waals surface area (Å²) in [6.45, 7) is -0.620. The quantitative estimate of drug-likeness (QED) is 0.459. The summed E-state index contributed by atoms with van der Waals surface area (Å²) in [6.07, 6.45) is 0. The molecule has 3 rings (SSSR count). The Morgan fingerprint density at radius 1 is 1.00 bits per heavy atom. The van der Waals surface area contributed by atoms with Crippen LogP contribution in [-0.4, -0.2) is 35.1 Å². The van der Waals surface area contributed by atoms with Gasteiger partial charge in [-0.05, 0) is 48.5 Å². The highest BCUT2D eigenvalue weighted by molar-refractivity contribution is 7.92. The third kappa shape index (κ3) is 5.68. The molecule has 0 aliphatic carbocycles. The molecular weight excluding hydrogens is 494 g/mol. The van der Waals surface area contributed by atoms with E-state index in [-0.39, 0.29) is 21.4 Å². The Morgan fingerprint density at radius 3 is 2.36 bits per heavy atom. The van der Waals surface area contributed by atoms with Gasteiger partial charge >= 0.3 is 0 Å². The predicted octanol–water partition coefficient (Wildman–Crippen LogP) is 4.98. The molecule has 0 unspecified atom stereocenters. The molecule has 0 saturated heterocycles. The van der Waals surface area contributed by atoms with E-state index in [4.69, 9.17) is 32.7 Å². The fourth-order valence-electron chi connectivity index (χ4n) is 2.96. The van der Waals surface area contributed by atoms with Gasteiger partial charge in [-0.25, -0.2) is 12.8 Å². The maximum absolute atomic E-state index is 13.7. The number of carbonyl (C=O) groups excluding carboxylic acids is 1. The van der Waals surface area contributed by atoms with Gasteiger partial charge in [-0.15, -0.1) is 0 Å². The molecule has 33 heavy (non-hydrogen) atoms. The van der Waals surface area contributed by atoms with Crippen LogP contribution >= 0.6 is 23.2 Å². The van der Waals surface area contributed by atoms with Crippen LogP contribution in [0.15, 0.2) is 65.6 Å². The Morgan fingerprint density at radius 2 is 1.73 bits per heavy atom. The lowest BCUT2D eigenvalue weighted by Crippen LogP contribution is -2.38. The second-order valence-electron chi connectivity index (χ2n) is 6.69. The highest BCUT2D eigenvalue weighted by Crippen LogP contribution is 2.33. The van der Waals surface area contributed by atoms with Crippen LogP contribution in [0.4, 0.5) is 15.8 Å². The number of halogens is 3.